The van der Waals surface area contributed by atoms with E-state index < -0.39 is 17.7 Å². The number of ketones is 2. The van der Waals surface area contributed by atoms with Crippen molar-refractivity contribution in [1.29, 1.82) is 0 Å². The number of carbonyl (C=O) groups excluding carboxylic acids is 2. The second kappa shape index (κ2) is 6.86. The summed E-state index contributed by atoms with van der Waals surface area (Å²) in [6.07, 6.45) is -0.817. The minimum Gasteiger partial charge on any atom is -0.296 e. The van der Waals surface area contributed by atoms with Crippen LogP contribution in [0.1, 0.15) is 36.5 Å². The van der Waals surface area contributed by atoms with Gasteiger partial charge in [-0.3, -0.25) is 9.59 Å². The predicted octanol–water partition coefficient (Wildman–Crippen LogP) is 4.27. The zero-order chi connectivity index (χ0) is 13.7. The normalized spacial score (nSPS) is 12.2. The van der Waals surface area contributed by atoms with Crippen molar-refractivity contribution in [1.82, 2.24) is 0 Å². The van der Waals surface area contributed by atoms with E-state index in [0.29, 0.717) is 6.42 Å². The Labute approximate surface area is 115 Å². The lowest BCUT2D eigenvalue weighted by molar-refractivity contribution is -0.122. The molecule has 0 aliphatic rings. The van der Waals surface area contributed by atoms with Gasteiger partial charge in [-0.1, -0.05) is 42.6 Å². The van der Waals surface area contributed by atoms with Crippen LogP contribution < -0.4 is 0 Å². The van der Waals surface area contributed by atoms with Crippen LogP contribution in [-0.4, -0.2) is 17.7 Å². The van der Waals surface area contributed by atoms with E-state index >= 15 is 0 Å². The molecule has 1 aromatic carbocycles. The minimum absolute atomic E-state index is 0.0471. The smallest absolute Gasteiger partial charge is 0.220 e. The van der Waals surface area contributed by atoms with Gasteiger partial charge in [-0.2, -0.15) is 0 Å². The molecule has 0 bridgehead atoms. The number of carbonyl (C=O) groups is 2. The van der Waals surface area contributed by atoms with Crippen LogP contribution in [0, 0.1) is 0 Å². The molecule has 98 valence electrons. The third-order valence-electron chi connectivity index (χ3n) is 2.50. The molecule has 0 aliphatic heterocycles. The maximum atomic E-state index is 13.7. The number of rotatable bonds is 6. The van der Waals surface area contributed by atoms with Crippen molar-refractivity contribution in [3.05, 3.63) is 33.8 Å². The van der Waals surface area contributed by atoms with E-state index in [1.54, 1.807) is 6.07 Å². The molecule has 0 N–H and O–H groups in total. The molecule has 0 aromatic heterocycles. The van der Waals surface area contributed by atoms with Crippen molar-refractivity contribution >= 4 is 34.8 Å². The topological polar surface area (TPSA) is 34.1 Å². The van der Waals surface area contributed by atoms with Crippen molar-refractivity contribution < 1.29 is 14.0 Å². The summed E-state index contributed by atoms with van der Waals surface area (Å²) in [6, 6.07) is 4.42. The molecule has 0 saturated heterocycles. The average molecular weight is 291 g/mol. The third kappa shape index (κ3) is 3.53. The van der Waals surface area contributed by atoms with Gasteiger partial charge in [-0.05, 0) is 18.6 Å². The molecule has 1 atom stereocenters. The number of hydrogen-bond acceptors (Lipinski definition) is 2. The summed E-state index contributed by atoms with van der Waals surface area (Å²) in [7, 11) is 0. The van der Waals surface area contributed by atoms with E-state index in [9.17, 15) is 14.0 Å². The zero-order valence-corrected chi connectivity index (χ0v) is 11.4. The Morgan fingerprint density at radius 2 is 1.83 bits per heavy atom. The summed E-state index contributed by atoms with van der Waals surface area (Å²) < 4.78 is 13.7. The van der Waals surface area contributed by atoms with Gasteiger partial charge < -0.3 is 0 Å². The highest BCUT2D eigenvalue weighted by atomic mass is 35.5. The summed E-state index contributed by atoms with van der Waals surface area (Å²) in [5.74, 6) is -1.69. The molecule has 18 heavy (non-hydrogen) atoms. The van der Waals surface area contributed by atoms with Crippen molar-refractivity contribution in [3.8, 4) is 0 Å². The molecule has 1 aromatic rings. The van der Waals surface area contributed by atoms with Gasteiger partial charge in [0, 0.05) is 6.42 Å². The van der Waals surface area contributed by atoms with Gasteiger partial charge in [0.05, 0.1) is 15.6 Å². The Hall–Kier alpha value is -0.930. The molecule has 2 nitrogen and oxygen atoms in total. The highest BCUT2D eigenvalue weighted by molar-refractivity contribution is 6.40. The minimum atomic E-state index is -2.19. The second-order valence-corrected chi connectivity index (χ2v) is 4.71. The molecule has 0 fully saturated rings. The number of unbranched alkanes of at least 4 members (excludes halogenated alkanes) is 1. The first-order valence-electron chi connectivity index (χ1n) is 5.64. The fraction of sp³-hybridized carbons (Fsp3) is 0.385. The predicted molar refractivity (Wildman–Crippen MR) is 70.2 cm³/mol. The number of benzene rings is 1. The molecule has 0 aliphatic carbocycles. The van der Waals surface area contributed by atoms with Crippen molar-refractivity contribution in [2.45, 2.75) is 32.4 Å². The van der Waals surface area contributed by atoms with Gasteiger partial charge in [-0.25, -0.2) is 4.39 Å². The second-order valence-electron chi connectivity index (χ2n) is 3.89. The Kier molecular flexibility index (Phi) is 5.76. The van der Waals surface area contributed by atoms with E-state index in [2.05, 4.69) is 0 Å². The van der Waals surface area contributed by atoms with Gasteiger partial charge >= 0.3 is 0 Å². The summed E-state index contributed by atoms with van der Waals surface area (Å²) >= 11 is 11.6. The zero-order valence-electron chi connectivity index (χ0n) is 9.88. The number of alkyl halides is 1. The maximum Gasteiger partial charge on any atom is 0.220 e. The van der Waals surface area contributed by atoms with Crippen LogP contribution in [-0.2, 0) is 4.79 Å². The Morgan fingerprint density at radius 1 is 1.28 bits per heavy atom. The lowest BCUT2D eigenvalue weighted by Crippen LogP contribution is -2.26. The van der Waals surface area contributed by atoms with E-state index in [0.717, 1.165) is 6.42 Å². The molecule has 1 rings (SSSR count). The Bertz CT molecular complexity index is 440. The summed E-state index contributed by atoms with van der Waals surface area (Å²) in [5.41, 5.74) is -0.127. The van der Waals surface area contributed by atoms with E-state index in [1.165, 1.54) is 12.1 Å². The largest absolute Gasteiger partial charge is 0.296 e. The van der Waals surface area contributed by atoms with Crippen molar-refractivity contribution in [2.24, 2.45) is 0 Å². The van der Waals surface area contributed by atoms with Gasteiger partial charge in [0.25, 0.3) is 0 Å². The van der Waals surface area contributed by atoms with Crippen LogP contribution in [0.5, 0.6) is 0 Å². The highest BCUT2D eigenvalue weighted by Gasteiger charge is 2.29. The van der Waals surface area contributed by atoms with Crippen LogP contribution in [0.3, 0.4) is 0 Å². The first-order valence-corrected chi connectivity index (χ1v) is 6.39. The van der Waals surface area contributed by atoms with Crippen LogP contribution in [0.15, 0.2) is 18.2 Å². The van der Waals surface area contributed by atoms with Crippen molar-refractivity contribution in [2.75, 3.05) is 0 Å². The first kappa shape index (κ1) is 15.1. The number of halogens is 3. The van der Waals surface area contributed by atoms with E-state index in [1.807, 2.05) is 6.92 Å². The molecule has 0 spiro atoms. The quantitative estimate of drug-likeness (QED) is 0.579. The molecule has 5 heteroatoms. The van der Waals surface area contributed by atoms with Gasteiger partial charge in [0.1, 0.15) is 0 Å². The maximum absolute atomic E-state index is 13.7. The van der Waals surface area contributed by atoms with Gasteiger partial charge in [0.2, 0.25) is 12.0 Å². The lowest BCUT2D eigenvalue weighted by Gasteiger charge is -2.09. The van der Waals surface area contributed by atoms with Crippen LogP contribution in [0.2, 0.25) is 10.0 Å². The molecule has 0 saturated carbocycles. The molecule has 0 radical (unpaired) electrons. The fourth-order valence-corrected chi connectivity index (χ4v) is 2.07. The van der Waals surface area contributed by atoms with Gasteiger partial charge in [0.15, 0.2) is 5.78 Å². The SMILES string of the molecule is CCCCC(=O)C(F)C(=O)c1c(Cl)cccc1Cl. The highest BCUT2D eigenvalue weighted by Crippen LogP contribution is 2.26. The number of hydrogen-bond donors (Lipinski definition) is 0. The Balaban J connectivity index is 2.90. The molecule has 0 amide bonds. The molecular weight excluding hydrogens is 278 g/mol. The van der Waals surface area contributed by atoms with Gasteiger partial charge in [-0.15, -0.1) is 0 Å². The van der Waals surface area contributed by atoms with Crippen LogP contribution >= 0.6 is 23.2 Å². The molecule has 0 heterocycles. The monoisotopic (exact) mass is 290 g/mol. The fourth-order valence-electron chi connectivity index (χ4n) is 1.48. The summed E-state index contributed by atoms with van der Waals surface area (Å²) in [5, 5.41) is 0.108. The number of Topliss-reactive ketones (excluding diaryl/α,β-unsaturated/α-hetero) is 2. The third-order valence-corrected chi connectivity index (χ3v) is 3.13. The Morgan fingerprint density at radius 3 is 2.33 bits per heavy atom. The average Bonchev–Trinajstić information content (AvgIpc) is 2.34. The van der Waals surface area contributed by atoms with Crippen LogP contribution in [0.25, 0.3) is 0 Å². The molecular formula is C13H13Cl2FO2. The van der Waals surface area contributed by atoms with E-state index in [4.69, 9.17) is 23.2 Å². The summed E-state index contributed by atoms with van der Waals surface area (Å²) in [6.45, 7) is 1.88. The summed E-state index contributed by atoms with van der Waals surface area (Å²) in [4.78, 5) is 23.3. The van der Waals surface area contributed by atoms with Crippen LogP contribution in [0.4, 0.5) is 4.39 Å². The lowest BCUT2D eigenvalue weighted by atomic mass is 10.0. The standard InChI is InChI=1S/C13H13Cl2FO2/c1-2-3-7-10(17)12(16)13(18)11-8(14)5-4-6-9(11)15/h4-6,12H,2-3,7H2,1H3. The first-order chi connectivity index (χ1) is 8.49. The molecule has 1 unspecified atom stereocenters. The van der Waals surface area contributed by atoms with Crippen molar-refractivity contribution in [3.63, 3.8) is 0 Å². The van der Waals surface area contributed by atoms with E-state index in [-0.39, 0.29) is 22.0 Å².